The second kappa shape index (κ2) is 4.23. The Balaban J connectivity index is 1.68. The van der Waals surface area contributed by atoms with E-state index >= 15 is 0 Å². The van der Waals surface area contributed by atoms with Gasteiger partial charge in [0.05, 0.1) is 24.8 Å². The summed E-state index contributed by atoms with van der Waals surface area (Å²) in [5.41, 5.74) is 4.46. The zero-order valence-electron chi connectivity index (χ0n) is 13.4. The van der Waals surface area contributed by atoms with Gasteiger partial charge in [0.1, 0.15) is 0 Å². The van der Waals surface area contributed by atoms with Gasteiger partial charge in [-0.05, 0) is 24.6 Å². The number of nitrogens with zero attached hydrogens (tertiary/aromatic N) is 2. The summed E-state index contributed by atoms with van der Waals surface area (Å²) in [5, 5.41) is 20.1. The van der Waals surface area contributed by atoms with Crippen molar-refractivity contribution in [3.8, 4) is 23.6 Å². The quantitative estimate of drug-likeness (QED) is 0.677. The summed E-state index contributed by atoms with van der Waals surface area (Å²) < 4.78 is 22.5. The normalized spacial score (nSPS) is 42.6. The Morgan fingerprint density at radius 3 is 2.72 bits per heavy atom. The lowest BCUT2D eigenvalue weighted by molar-refractivity contribution is -0.677. The van der Waals surface area contributed by atoms with Gasteiger partial charge < -0.3 is 18.9 Å². The van der Waals surface area contributed by atoms with Crippen LogP contribution >= 0.6 is 0 Å². The number of fused-ring (bicyclic) bond motifs is 3. The molecule has 0 unspecified atom stereocenters. The molecule has 1 aromatic carbocycles. The Morgan fingerprint density at radius 1 is 1.24 bits per heavy atom. The highest BCUT2D eigenvalue weighted by Crippen LogP contribution is 2.79. The monoisotopic (exact) mass is 339 g/mol. The van der Waals surface area contributed by atoms with Gasteiger partial charge in [0.15, 0.2) is 22.3 Å². The summed E-state index contributed by atoms with van der Waals surface area (Å²) in [4.78, 5) is 2.94. The molecule has 5 atom stereocenters. The van der Waals surface area contributed by atoms with Crippen molar-refractivity contribution in [2.45, 2.75) is 24.9 Å². The summed E-state index contributed by atoms with van der Waals surface area (Å²) in [6.07, 6.45) is -0.210. The number of nitrogens with two attached hydrogens (primary N) is 1. The van der Waals surface area contributed by atoms with E-state index in [9.17, 15) is 10.5 Å². The minimum absolute atomic E-state index is 0.153. The van der Waals surface area contributed by atoms with Crippen LogP contribution in [0.2, 0.25) is 0 Å². The van der Waals surface area contributed by atoms with Gasteiger partial charge in [-0.15, -0.1) is 0 Å². The number of ether oxygens (including phenoxy) is 4. The molecule has 5 rings (SSSR count). The fourth-order valence-electron chi connectivity index (χ4n) is 4.56. The Labute approximate surface area is 143 Å². The highest BCUT2D eigenvalue weighted by atomic mass is 16.8. The van der Waals surface area contributed by atoms with Crippen LogP contribution in [-0.4, -0.2) is 31.3 Å². The van der Waals surface area contributed by atoms with E-state index < -0.39 is 22.7 Å². The Bertz CT molecular complexity index is 918. The first-order valence-corrected chi connectivity index (χ1v) is 7.99. The molecule has 0 bridgehead atoms. The minimum atomic E-state index is -1.41. The summed E-state index contributed by atoms with van der Waals surface area (Å²) in [6.45, 7) is 2.32. The minimum Gasteiger partial charge on any atom is -0.454 e. The van der Waals surface area contributed by atoms with Crippen LogP contribution < -0.4 is 20.2 Å². The highest BCUT2D eigenvalue weighted by molar-refractivity contribution is 5.95. The van der Waals surface area contributed by atoms with E-state index in [1.54, 1.807) is 12.1 Å². The molecule has 0 amide bonds. The fraction of sp³-hybridized carbons (Fsp3) is 0.471. The van der Waals surface area contributed by atoms with E-state index in [1.165, 1.54) is 0 Å². The SMILES string of the molecule is C[C@@H]1CO[C@@]2([NH+]=C(N)[C@@]3(C#N)[C@@H](c4ccc5c(c4)OCO5)[C@@]23C#N)O1. The number of amidine groups is 1. The molecular formula is C17H15N4O4+. The van der Waals surface area contributed by atoms with Gasteiger partial charge in [-0.2, -0.15) is 10.5 Å². The average molecular weight is 339 g/mol. The molecule has 4 aliphatic rings. The molecule has 1 saturated heterocycles. The first-order valence-electron chi connectivity index (χ1n) is 7.99. The van der Waals surface area contributed by atoms with Crippen molar-refractivity contribution in [3.63, 3.8) is 0 Å². The maximum Gasteiger partial charge on any atom is 0.343 e. The van der Waals surface area contributed by atoms with Crippen LogP contribution in [-0.2, 0) is 9.47 Å². The predicted octanol–water partition coefficient (Wildman–Crippen LogP) is -0.927. The summed E-state index contributed by atoms with van der Waals surface area (Å²) >= 11 is 0. The van der Waals surface area contributed by atoms with Gasteiger partial charge in [-0.25, -0.2) is 4.99 Å². The Hall–Kier alpha value is -2.81. The molecular weight excluding hydrogens is 324 g/mol. The molecule has 1 aliphatic carbocycles. The molecule has 2 fully saturated rings. The lowest BCUT2D eigenvalue weighted by Gasteiger charge is -2.24. The maximum absolute atomic E-state index is 10.1. The van der Waals surface area contributed by atoms with E-state index in [4.69, 9.17) is 24.7 Å². The van der Waals surface area contributed by atoms with Crippen LogP contribution in [0.15, 0.2) is 18.2 Å². The topological polar surface area (TPSA) is 124 Å². The van der Waals surface area contributed by atoms with Crippen LogP contribution in [0.5, 0.6) is 11.5 Å². The number of rotatable bonds is 1. The van der Waals surface area contributed by atoms with Gasteiger partial charge in [0, 0.05) is 5.92 Å². The van der Waals surface area contributed by atoms with Crippen molar-refractivity contribution in [2.75, 3.05) is 13.4 Å². The van der Waals surface area contributed by atoms with Crippen LogP contribution in [0.25, 0.3) is 0 Å². The lowest BCUT2D eigenvalue weighted by Crippen LogP contribution is -2.90. The van der Waals surface area contributed by atoms with E-state index in [0.29, 0.717) is 18.1 Å². The lowest BCUT2D eigenvalue weighted by atomic mass is 9.94. The van der Waals surface area contributed by atoms with Crippen LogP contribution in [0.4, 0.5) is 0 Å². The molecule has 3 aliphatic heterocycles. The molecule has 8 heteroatoms. The predicted molar refractivity (Wildman–Crippen MR) is 80.8 cm³/mol. The van der Waals surface area contributed by atoms with Crippen molar-refractivity contribution >= 4 is 5.84 Å². The van der Waals surface area contributed by atoms with Crippen molar-refractivity contribution < 1.29 is 23.9 Å². The van der Waals surface area contributed by atoms with Gasteiger partial charge in [-0.1, -0.05) is 6.07 Å². The van der Waals surface area contributed by atoms with Gasteiger partial charge >= 0.3 is 5.91 Å². The van der Waals surface area contributed by atoms with Crippen molar-refractivity contribution in [1.82, 2.24) is 0 Å². The van der Waals surface area contributed by atoms with Gasteiger partial charge in [-0.3, -0.25) is 5.73 Å². The molecule has 0 aromatic heterocycles. The second-order valence-corrected chi connectivity index (χ2v) is 6.78. The van der Waals surface area contributed by atoms with Crippen molar-refractivity contribution in [3.05, 3.63) is 23.8 Å². The van der Waals surface area contributed by atoms with Gasteiger partial charge in [0.2, 0.25) is 6.79 Å². The molecule has 1 aromatic rings. The summed E-state index contributed by atoms with van der Waals surface area (Å²) in [7, 11) is 0. The fourth-order valence-corrected chi connectivity index (χ4v) is 4.56. The van der Waals surface area contributed by atoms with E-state index in [0.717, 1.165) is 5.56 Å². The molecule has 0 radical (unpaired) electrons. The average Bonchev–Trinajstić information content (AvgIpc) is 2.90. The molecule has 3 heterocycles. The van der Waals surface area contributed by atoms with Crippen molar-refractivity contribution in [1.29, 1.82) is 10.5 Å². The highest BCUT2D eigenvalue weighted by Gasteiger charge is 2.97. The number of benzene rings is 1. The Kier molecular flexibility index (Phi) is 2.46. The van der Waals surface area contributed by atoms with E-state index in [1.807, 2.05) is 13.0 Å². The first-order chi connectivity index (χ1) is 12.0. The summed E-state index contributed by atoms with van der Waals surface area (Å²) in [5.74, 6) is -0.476. The van der Waals surface area contributed by atoms with Crippen LogP contribution in [0.3, 0.4) is 0 Å². The number of hydrogen-bond donors (Lipinski definition) is 2. The third-order valence-electron chi connectivity index (χ3n) is 5.62. The second-order valence-electron chi connectivity index (χ2n) is 6.78. The van der Waals surface area contributed by atoms with Crippen molar-refractivity contribution in [2.24, 2.45) is 16.6 Å². The van der Waals surface area contributed by atoms with Crippen LogP contribution in [0, 0.1) is 33.5 Å². The van der Waals surface area contributed by atoms with Gasteiger partial charge in [0.25, 0.3) is 5.84 Å². The molecule has 1 spiro atoms. The first kappa shape index (κ1) is 14.5. The molecule has 126 valence electrons. The van der Waals surface area contributed by atoms with Crippen LogP contribution in [0.1, 0.15) is 18.4 Å². The molecule has 3 N–H and O–H groups in total. The number of hydrogen-bond acceptors (Lipinski definition) is 7. The third-order valence-corrected chi connectivity index (χ3v) is 5.62. The van der Waals surface area contributed by atoms with E-state index in [-0.39, 0.29) is 18.7 Å². The molecule has 8 nitrogen and oxygen atoms in total. The summed E-state index contributed by atoms with van der Waals surface area (Å²) in [6, 6.07) is 9.95. The molecule has 1 saturated carbocycles. The molecule has 25 heavy (non-hydrogen) atoms. The largest absolute Gasteiger partial charge is 0.454 e. The Morgan fingerprint density at radius 2 is 2.04 bits per heavy atom. The maximum atomic E-state index is 10.1. The standard InChI is InChI=1S/C17H14N4O4/c1-9-5-24-17(25-9)16(7-19)13(15(16,6-18)14(20)21-17)10-2-3-11-12(4-10)23-8-22-11/h2-4,9,13H,5,8H2,1H3,(H2,20,21)/p+1/t9-,13-,15-,16-,17-/m1/s1. The number of nitrogens with one attached hydrogen (secondary N) is 1. The number of nitriles is 2. The van der Waals surface area contributed by atoms with E-state index in [2.05, 4.69) is 17.1 Å². The zero-order chi connectivity index (χ0) is 17.4. The zero-order valence-corrected chi connectivity index (χ0v) is 13.4. The third kappa shape index (κ3) is 1.34. The smallest absolute Gasteiger partial charge is 0.343 e.